The number of oxazole rings is 1. The Morgan fingerprint density at radius 2 is 2.04 bits per heavy atom. The first-order valence-corrected chi connectivity index (χ1v) is 9.31. The first-order valence-electron chi connectivity index (χ1n) is 8.43. The van der Waals surface area contributed by atoms with Gasteiger partial charge in [-0.3, -0.25) is 4.79 Å². The number of hydrogen-bond donors (Lipinski definition) is 0. The molecule has 0 fully saturated rings. The molecule has 0 saturated heterocycles. The molecule has 4 rings (SSSR count). The Morgan fingerprint density at radius 3 is 2.79 bits per heavy atom. The summed E-state index contributed by atoms with van der Waals surface area (Å²) in [6.45, 7) is 1.63. The molecule has 3 heterocycles. The summed E-state index contributed by atoms with van der Waals surface area (Å²) in [5.74, 6) is -0.351. The van der Waals surface area contributed by atoms with Crippen molar-refractivity contribution in [2.45, 2.75) is 13.5 Å². The van der Waals surface area contributed by atoms with Gasteiger partial charge < -0.3 is 9.15 Å². The van der Waals surface area contributed by atoms with E-state index in [1.807, 2.05) is 47.8 Å². The summed E-state index contributed by atoms with van der Waals surface area (Å²) in [5, 5.41) is 6.10. The lowest BCUT2D eigenvalue weighted by molar-refractivity contribution is 0.0456. The topological polar surface area (TPSA) is 87.2 Å². The normalized spacial score (nSPS) is 10.8. The Kier molecular flexibility index (Phi) is 4.86. The summed E-state index contributed by atoms with van der Waals surface area (Å²) < 4.78 is 12.1. The summed E-state index contributed by atoms with van der Waals surface area (Å²) in [6.07, 6.45) is 1.42. The van der Waals surface area contributed by atoms with Gasteiger partial charge in [-0.15, -0.1) is 11.3 Å². The van der Waals surface area contributed by atoms with Gasteiger partial charge in [-0.2, -0.15) is 5.10 Å². The van der Waals surface area contributed by atoms with Gasteiger partial charge in [0.2, 0.25) is 17.0 Å². The average Bonchev–Trinajstić information content (AvgIpc) is 3.38. The van der Waals surface area contributed by atoms with Gasteiger partial charge in [-0.05, 0) is 30.5 Å². The summed E-state index contributed by atoms with van der Waals surface area (Å²) in [5.41, 5.74) is 1.04. The van der Waals surface area contributed by atoms with Crippen molar-refractivity contribution in [3.8, 4) is 16.5 Å². The first-order chi connectivity index (χ1) is 13.6. The van der Waals surface area contributed by atoms with E-state index in [9.17, 15) is 9.59 Å². The number of para-hydroxylation sites is 1. The third-order valence-electron chi connectivity index (χ3n) is 3.94. The molecule has 0 N–H and O–H groups in total. The van der Waals surface area contributed by atoms with Gasteiger partial charge >= 0.3 is 5.97 Å². The molecule has 1 aromatic carbocycles. The van der Waals surface area contributed by atoms with Gasteiger partial charge in [-0.25, -0.2) is 14.5 Å². The number of aryl methyl sites for hydroxylation is 1. The van der Waals surface area contributed by atoms with Gasteiger partial charge in [0, 0.05) is 11.8 Å². The van der Waals surface area contributed by atoms with Crippen LogP contribution in [0.1, 0.15) is 21.9 Å². The molecule has 8 heteroatoms. The fourth-order valence-corrected chi connectivity index (χ4v) is 3.27. The number of esters is 1. The zero-order valence-corrected chi connectivity index (χ0v) is 15.7. The van der Waals surface area contributed by atoms with Crippen LogP contribution in [-0.4, -0.2) is 20.7 Å². The molecular weight excluding hydrogens is 378 g/mol. The number of rotatable bonds is 5. The number of carbonyl (C=O) groups is 1. The number of aromatic nitrogens is 3. The molecule has 140 valence electrons. The van der Waals surface area contributed by atoms with Crippen LogP contribution in [0.3, 0.4) is 0 Å². The molecule has 3 aromatic heterocycles. The van der Waals surface area contributed by atoms with Gasteiger partial charge in [0.1, 0.15) is 18.6 Å². The fourth-order valence-electron chi connectivity index (χ4n) is 2.61. The highest BCUT2D eigenvalue weighted by Crippen LogP contribution is 2.23. The molecule has 0 aliphatic heterocycles. The number of carbonyl (C=O) groups excluding carboxylic acids is 1. The number of ether oxygens (including phenoxy) is 1. The second kappa shape index (κ2) is 7.61. The minimum atomic E-state index is -0.810. The van der Waals surface area contributed by atoms with E-state index in [-0.39, 0.29) is 12.3 Å². The second-order valence-electron chi connectivity index (χ2n) is 5.94. The maximum Gasteiger partial charge on any atom is 0.363 e. The van der Waals surface area contributed by atoms with E-state index in [1.54, 1.807) is 6.92 Å². The van der Waals surface area contributed by atoms with Crippen molar-refractivity contribution in [2.75, 3.05) is 0 Å². The quantitative estimate of drug-likeness (QED) is 0.481. The lowest BCUT2D eigenvalue weighted by Gasteiger charge is -2.10. The zero-order valence-electron chi connectivity index (χ0n) is 14.9. The Labute approximate surface area is 163 Å². The molecular formula is C20H15N3O4S. The smallest absolute Gasteiger partial charge is 0.363 e. The van der Waals surface area contributed by atoms with E-state index in [0.717, 1.165) is 10.6 Å². The highest BCUT2D eigenvalue weighted by molar-refractivity contribution is 7.13. The molecule has 28 heavy (non-hydrogen) atoms. The van der Waals surface area contributed by atoms with Gasteiger partial charge in [-0.1, -0.05) is 24.3 Å². The minimum absolute atomic E-state index is 0.117. The largest absolute Gasteiger partial charge is 0.454 e. The summed E-state index contributed by atoms with van der Waals surface area (Å²) in [6, 6.07) is 14.4. The Hall–Kier alpha value is -3.52. The maximum absolute atomic E-state index is 12.4. The van der Waals surface area contributed by atoms with Crippen LogP contribution in [0, 0.1) is 6.92 Å². The predicted octanol–water partition coefficient (Wildman–Crippen LogP) is 3.61. The summed E-state index contributed by atoms with van der Waals surface area (Å²) >= 11 is 1.50. The van der Waals surface area contributed by atoms with Crippen LogP contribution in [-0.2, 0) is 11.3 Å². The van der Waals surface area contributed by atoms with Crippen LogP contribution in [0.5, 0.6) is 0 Å². The van der Waals surface area contributed by atoms with Crippen LogP contribution < -0.4 is 5.43 Å². The average molecular weight is 393 g/mol. The van der Waals surface area contributed by atoms with E-state index < -0.39 is 11.4 Å². The zero-order chi connectivity index (χ0) is 19.5. The van der Waals surface area contributed by atoms with Crippen LogP contribution >= 0.6 is 11.3 Å². The Bertz CT molecular complexity index is 1160. The van der Waals surface area contributed by atoms with Crippen molar-refractivity contribution in [3.63, 3.8) is 0 Å². The number of thiophene rings is 1. The molecule has 0 aliphatic carbocycles. The van der Waals surface area contributed by atoms with Crippen molar-refractivity contribution >= 4 is 17.3 Å². The Morgan fingerprint density at radius 1 is 1.21 bits per heavy atom. The van der Waals surface area contributed by atoms with Crippen molar-refractivity contribution in [1.82, 2.24) is 14.8 Å². The third-order valence-corrected chi connectivity index (χ3v) is 4.79. The van der Waals surface area contributed by atoms with Gasteiger partial charge in [0.15, 0.2) is 0 Å². The third kappa shape index (κ3) is 3.63. The lowest BCUT2D eigenvalue weighted by atomic mass is 10.3. The molecule has 0 aliphatic rings. The van der Waals surface area contributed by atoms with Crippen LogP contribution in [0.15, 0.2) is 69.4 Å². The fraction of sp³-hybridized carbons (Fsp3) is 0.100. The molecule has 7 nitrogen and oxygen atoms in total. The predicted molar refractivity (Wildman–Crippen MR) is 104 cm³/mol. The molecule has 0 saturated carbocycles. The van der Waals surface area contributed by atoms with E-state index in [1.165, 1.54) is 28.3 Å². The number of nitrogens with zero attached hydrogens (tertiary/aromatic N) is 3. The number of benzene rings is 1. The van der Waals surface area contributed by atoms with Crippen molar-refractivity contribution in [1.29, 1.82) is 0 Å². The monoisotopic (exact) mass is 393 g/mol. The van der Waals surface area contributed by atoms with E-state index in [2.05, 4.69) is 10.1 Å². The van der Waals surface area contributed by atoms with E-state index in [4.69, 9.17) is 9.15 Å². The Balaban J connectivity index is 1.53. The minimum Gasteiger partial charge on any atom is -0.454 e. The van der Waals surface area contributed by atoms with Crippen LogP contribution in [0.4, 0.5) is 0 Å². The highest BCUT2D eigenvalue weighted by atomic mass is 32.1. The lowest BCUT2D eigenvalue weighted by Crippen LogP contribution is -2.24. The van der Waals surface area contributed by atoms with Crippen molar-refractivity contribution in [2.24, 2.45) is 0 Å². The highest BCUT2D eigenvalue weighted by Gasteiger charge is 2.18. The number of hydrogen-bond acceptors (Lipinski definition) is 7. The van der Waals surface area contributed by atoms with Crippen molar-refractivity contribution in [3.05, 3.63) is 87.5 Å². The SMILES string of the molecule is Cc1cc(=O)c(C(=O)OCc2coc(-c3cccs3)n2)nn1-c1ccccc1. The molecule has 0 bridgehead atoms. The maximum atomic E-state index is 12.4. The van der Waals surface area contributed by atoms with E-state index >= 15 is 0 Å². The summed E-state index contributed by atoms with van der Waals surface area (Å²) in [7, 11) is 0. The molecule has 0 spiro atoms. The molecule has 0 unspecified atom stereocenters. The van der Waals surface area contributed by atoms with E-state index in [0.29, 0.717) is 17.3 Å². The molecule has 0 atom stereocenters. The second-order valence-corrected chi connectivity index (χ2v) is 6.89. The molecule has 0 radical (unpaired) electrons. The first kappa shape index (κ1) is 17.9. The van der Waals surface area contributed by atoms with Gasteiger partial charge in [0.05, 0.1) is 10.6 Å². The standard InChI is InChI=1S/C20H15N3O4S/c1-13-10-16(24)18(22-23(13)15-6-3-2-4-7-15)20(25)27-12-14-11-26-19(21-14)17-8-5-9-28-17/h2-11H,12H2,1H3. The molecule has 4 aromatic rings. The van der Waals surface area contributed by atoms with Crippen LogP contribution in [0.25, 0.3) is 16.5 Å². The van der Waals surface area contributed by atoms with Gasteiger partial charge in [0.25, 0.3) is 0 Å². The summed E-state index contributed by atoms with van der Waals surface area (Å²) in [4.78, 5) is 29.8. The molecule has 0 amide bonds. The van der Waals surface area contributed by atoms with Crippen LogP contribution in [0.2, 0.25) is 0 Å². The van der Waals surface area contributed by atoms with Crippen molar-refractivity contribution < 1.29 is 13.9 Å².